The molecule has 0 aromatic heterocycles. The minimum Gasteiger partial charge on any atom is -0.253 e. The van der Waals surface area contributed by atoms with E-state index in [2.05, 4.69) is 49.5 Å². The molecule has 0 amide bonds. The summed E-state index contributed by atoms with van der Waals surface area (Å²) in [4.78, 5) is 5.91. The van der Waals surface area contributed by atoms with Crippen molar-refractivity contribution in [2.24, 2.45) is 34.1 Å². The molecule has 3 fully saturated rings. The summed E-state index contributed by atoms with van der Waals surface area (Å²) in [5, 5.41) is 0. The third kappa shape index (κ3) is 2.70. The lowest BCUT2D eigenvalue weighted by atomic mass is 9.69. The number of halogens is 1. The zero-order valence-electron chi connectivity index (χ0n) is 16.7. The maximum atomic E-state index is 6.20. The van der Waals surface area contributed by atoms with Gasteiger partial charge in [0.15, 0.2) is 0 Å². The highest BCUT2D eigenvalue weighted by atomic mass is 35.5. The first kappa shape index (κ1) is 19.0. The summed E-state index contributed by atoms with van der Waals surface area (Å²) >= 11 is 12.2. The van der Waals surface area contributed by atoms with E-state index < -0.39 is 0 Å². The highest BCUT2D eigenvalue weighted by molar-refractivity contribution is 7.80. The fourth-order valence-electron chi connectivity index (χ4n) is 6.87. The van der Waals surface area contributed by atoms with Crippen molar-refractivity contribution < 1.29 is 0 Å². The maximum absolute atomic E-state index is 6.20. The van der Waals surface area contributed by atoms with Gasteiger partial charge in [-0.2, -0.15) is 0 Å². The Bertz CT molecular complexity index is 822. The molecule has 0 N–H and O–H groups in total. The summed E-state index contributed by atoms with van der Waals surface area (Å²) in [6, 6.07) is 11.1. The Balaban J connectivity index is 1.42. The van der Waals surface area contributed by atoms with Gasteiger partial charge in [-0.3, -0.25) is 4.99 Å². The van der Waals surface area contributed by atoms with Crippen LogP contribution in [0.25, 0.3) is 0 Å². The molecular formula is C25H30ClNS. The monoisotopic (exact) mass is 411 g/mol. The molecule has 1 nitrogen and oxygen atoms in total. The number of aliphatic imine (C=N–C) groups is 1. The smallest absolute Gasteiger partial charge is 0.113 e. The fraction of sp³-hybridized carbons (Fsp3) is 0.600. The highest BCUT2D eigenvalue weighted by Crippen LogP contribution is 2.75. The first-order valence-electron chi connectivity index (χ1n) is 11.0. The van der Waals surface area contributed by atoms with E-state index in [9.17, 15) is 0 Å². The molecule has 0 spiro atoms. The quantitative estimate of drug-likeness (QED) is 0.226. The van der Waals surface area contributed by atoms with Gasteiger partial charge >= 0.3 is 0 Å². The van der Waals surface area contributed by atoms with Gasteiger partial charge in [0.2, 0.25) is 0 Å². The predicted molar refractivity (Wildman–Crippen MR) is 122 cm³/mol. The van der Waals surface area contributed by atoms with Gasteiger partial charge in [-0.15, -0.1) is 11.6 Å². The van der Waals surface area contributed by atoms with E-state index in [-0.39, 0.29) is 10.8 Å². The topological polar surface area (TPSA) is 12.4 Å². The molecule has 4 bridgehead atoms. The van der Waals surface area contributed by atoms with Crippen molar-refractivity contribution in [3.05, 3.63) is 47.5 Å². The Morgan fingerprint density at radius 1 is 1.21 bits per heavy atom. The largest absolute Gasteiger partial charge is 0.253 e. The van der Waals surface area contributed by atoms with Crippen molar-refractivity contribution in [3.8, 4) is 0 Å². The van der Waals surface area contributed by atoms with Crippen LogP contribution < -0.4 is 0 Å². The van der Waals surface area contributed by atoms with Crippen molar-refractivity contribution in [3.63, 3.8) is 0 Å². The van der Waals surface area contributed by atoms with E-state index >= 15 is 0 Å². The second-order valence-corrected chi connectivity index (χ2v) is 10.5. The zero-order chi connectivity index (χ0) is 19.4. The summed E-state index contributed by atoms with van der Waals surface area (Å²) in [5.74, 6) is 3.47. The van der Waals surface area contributed by atoms with Crippen LogP contribution in [0, 0.1) is 29.1 Å². The number of benzene rings is 1. The van der Waals surface area contributed by atoms with Crippen LogP contribution in [0.15, 0.2) is 47.0 Å². The molecule has 0 heterocycles. The maximum Gasteiger partial charge on any atom is 0.113 e. The molecule has 6 rings (SSSR count). The van der Waals surface area contributed by atoms with Crippen LogP contribution in [-0.4, -0.2) is 17.1 Å². The van der Waals surface area contributed by atoms with Gasteiger partial charge in [-0.25, -0.2) is 0 Å². The number of alkyl halides is 1. The van der Waals surface area contributed by atoms with Gasteiger partial charge < -0.3 is 0 Å². The van der Waals surface area contributed by atoms with Crippen LogP contribution in [-0.2, 0) is 5.41 Å². The Labute approximate surface area is 179 Å². The molecule has 0 saturated heterocycles. The lowest BCUT2D eigenvalue weighted by Gasteiger charge is -2.35. The van der Waals surface area contributed by atoms with Crippen LogP contribution in [0.4, 0.5) is 0 Å². The molecule has 0 aliphatic heterocycles. The van der Waals surface area contributed by atoms with Crippen molar-refractivity contribution in [1.29, 1.82) is 0 Å². The number of thiocarbonyl (C=S) groups is 1. The first-order valence-corrected chi connectivity index (χ1v) is 12.0. The second-order valence-electron chi connectivity index (χ2n) is 9.76. The molecule has 28 heavy (non-hydrogen) atoms. The average molecular weight is 412 g/mol. The Hall–Kier alpha value is -0.990. The molecule has 5 aliphatic carbocycles. The molecule has 3 saturated carbocycles. The fourth-order valence-corrected chi connectivity index (χ4v) is 7.44. The lowest BCUT2D eigenvalue weighted by Crippen LogP contribution is -2.33. The molecule has 1 aromatic carbocycles. The molecule has 4 atom stereocenters. The van der Waals surface area contributed by atoms with Gasteiger partial charge in [0.1, 0.15) is 4.99 Å². The molecule has 1 aromatic rings. The van der Waals surface area contributed by atoms with E-state index in [0.29, 0.717) is 17.8 Å². The van der Waals surface area contributed by atoms with Crippen LogP contribution in [0.5, 0.6) is 0 Å². The number of nitrogens with zero attached hydrogens (tertiary/aromatic N) is 1. The van der Waals surface area contributed by atoms with Gasteiger partial charge in [0.05, 0.1) is 0 Å². The second kappa shape index (κ2) is 7.06. The van der Waals surface area contributed by atoms with Crippen LogP contribution in [0.3, 0.4) is 0 Å². The number of hydrogen-bond donors (Lipinski definition) is 0. The van der Waals surface area contributed by atoms with Gasteiger partial charge in [0.25, 0.3) is 0 Å². The number of hydrogen-bond acceptors (Lipinski definition) is 1. The normalized spacial score (nSPS) is 41.1. The Morgan fingerprint density at radius 2 is 1.96 bits per heavy atom. The molecule has 0 radical (unpaired) electrons. The number of allylic oxidation sites excluding steroid dienone is 1. The van der Waals surface area contributed by atoms with Crippen molar-refractivity contribution in [2.75, 3.05) is 5.88 Å². The van der Waals surface area contributed by atoms with Crippen molar-refractivity contribution in [1.82, 2.24) is 0 Å². The first-order chi connectivity index (χ1) is 13.6. The average Bonchev–Trinajstić information content (AvgIpc) is 3.41. The van der Waals surface area contributed by atoms with E-state index in [4.69, 9.17) is 28.8 Å². The van der Waals surface area contributed by atoms with E-state index in [1.807, 2.05) is 0 Å². The van der Waals surface area contributed by atoms with Crippen LogP contribution >= 0.6 is 23.8 Å². The summed E-state index contributed by atoms with van der Waals surface area (Å²) in [6.45, 7) is 2.37. The van der Waals surface area contributed by atoms with Gasteiger partial charge in [-0.1, -0.05) is 74.0 Å². The Kier molecular flexibility index (Phi) is 4.79. The van der Waals surface area contributed by atoms with Gasteiger partial charge in [-0.05, 0) is 61.3 Å². The predicted octanol–water partition coefficient (Wildman–Crippen LogP) is 6.74. The summed E-state index contributed by atoms with van der Waals surface area (Å²) in [6.07, 6.45) is 13.4. The molecule has 148 valence electrons. The zero-order valence-corrected chi connectivity index (χ0v) is 18.3. The van der Waals surface area contributed by atoms with Crippen molar-refractivity contribution >= 4 is 35.0 Å². The van der Waals surface area contributed by atoms with Crippen LogP contribution in [0.1, 0.15) is 57.4 Å². The van der Waals surface area contributed by atoms with E-state index in [1.54, 1.807) is 5.57 Å². The minimum atomic E-state index is 0.0189. The summed E-state index contributed by atoms with van der Waals surface area (Å²) in [7, 11) is 0. The third-order valence-corrected chi connectivity index (χ3v) is 8.99. The lowest BCUT2D eigenvalue weighted by molar-refractivity contribution is 0.316. The van der Waals surface area contributed by atoms with E-state index in [0.717, 1.165) is 29.6 Å². The molecule has 3 heteroatoms. The highest BCUT2D eigenvalue weighted by Gasteiger charge is 2.71. The van der Waals surface area contributed by atoms with Crippen molar-refractivity contribution in [2.45, 2.75) is 57.3 Å². The van der Waals surface area contributed by atoms with Crippen LogP contribution in [0.2, 0.25) is 0 Å². The molecular weight excluding hydrogens is 382 g/mol. The summed E-state index contributed by atoms with van der Waals surface area (Å²) < 4.78 is 0. The summed E-state index contributed by atoms with van der Waals surface area (Å²) in [5.41, 5.74) is 3.21. The SMILES string of the molecule is CC1CCC(C=NC(=S)C23CC4C(CCCl)C2=CC4(c2ccccc2)C3)CC1. The Morgan fingerprint density at radius 3 is 2.68 bits per heavy atom. The van der Waals surface area contributed by atoms with Gasteiger partial charge in [0, 0.05) is 22.9 Å². The minimum absolute atomic E-state index is 0.0189. The molecule has 4 unspecified atom stereocenters. The third-order valence-electron chi connectivity index (χ3n) is 8.28. The standard InChI is InChI=1S/C25H30ClNS/c1-17-7-9-18(10-8-17)15-27-23(28)25-14-21-20(11-12-26)22(25)13-24(21,16-25)19-5-3-2-4-6-19/h2-6,13,15,17-18,20-21H,7-12,14,16H2,1H3. The number of rotatable bonds is 5. The van der Waals surface area contributed by atoms with E-state index in [1.165, 1.54) is 37.7 Å². The molecule has 5 aliphatic rings.